The Morgan fingerprint density at radius 3 is 2.71 bits per heavy atom. The number of thioether (sulfide) groups is 1. The number of pyridine rings is 1. The monoisotopic (exact) mass is 472 g/mol. The predicted octanol–water partition coefficient (Wildman–Crippen LogP) is 5.02. The van der Waals surface area contributed by atoms with E-state index in [0.29, 0.717) is 17.9 Å². The molecule has 1 N–H and O–H groups in total. The van der Waals surface area contributed by atoms with Gasteiger partial charge in [0.2, 0.25) is 0 Å². The smallest absolute Gasteiger partial charge is 0.255 e. The zero-order valence-corrected chi connectivity index (χ0v) is 20.1. The van der Waals surface area contributed by atoms with Gasteiger partial charge in [-0.1, -0.05) is 18.2 Å². The Hall–Kier alpha value is -3.29. The topological polar surface area (TPSA) is 58.9 Å². The van der Waals surface area contributed by atoms with E-state index < -0.39 is 0 Å². The van der Waals surface area contributed by atoms with Crippen molar-refractivity contribution < 1.29 is 9.53 Å². The van der Waals surface area contributed by atoms with Crippen LogP contribution in [0, 0.1) is 6.92 Å². The molecule has 4 aromatic rings. The molecule has 0 saturated carbocycles. The molecule has 0 bridgehead atoms. The zero-order chi connectivity index (χ0) is 23.3. The van der Waals surface area contributed by atoms with Crippen LogP contribution in [-0.4, -0.2) is 44.8 Å². The van der Waals surface area contributed by atoms with Crippen molar-refractivity contribution in [3.05, 3.63) is 95.4 Å². The molecule has 3 heterocycles. The number of anilines is 1. The number of hydrogen-bond donors (Lipinski definition) is 1. The molecule has 7 heteroatoms. The number of aryl methyl sites for hydroxylation is 1. The summed E-state index contributed by atoms with van der Waals surface area (Å²) in [5.41, 5.74) is 5.55. The lowest BCUT2D eigenvalue weighted by Crippen LogP contribution is -2.31. The number of nitrogens with zero attached hydrogens (tertiary/aromatic N) is 3. The molecule has 1 amide bonds. The molecule has 5 rings (SSSR count). The van der Waals surface area contributed by atoms with Crippen molar-refractivity contribution in [1.29, 1.82) is 0 Å². The van der Waals surface area contributed by atoms with Crippen molar-refractivity contribution in [3.63, 3.8) is 0 Å². The number of carbonyl (C=O) groups excluding carboxylic acids is 1. The predicted molar refractivity (Wildman–Crippen MR) is 138 cm³/mol. The largest absolute Gasteiger partial charge is 0.487 e. The first kappa shape index (κ1) is 22.5. The number of fused-ring (bicyclic) bond motifs is 1. The van der Waals surface area contributed by atoms with E-state index in [2.05, 4.69) is 27.3 Å². The highest BCUT2D eigenvalue weighted by Crippen LogP contribution is 2.19. The Kier molecular flexibility index (Phi) is 6.83. The lowest BCUT2D eigenvalue weighted by molar-refractivity contribution is 0.102. The quantitative estimate of drug-likeness (QED) is 0.409. The first-order valence-corrected chi connectivity index (χ1v) is 12.7. The summed E-state index contributed by atoms with van der Waals surface area (Å²) >= 11 is 2.01. The van der Waals surface area contributed by atoms with Crippen molar-refractivity contribution in [2.45, 2.75) is 20.1 Å². The Labute approximate surface area is 204 Å². The van der Waals surface area contributed by atoms with Crippen LogP contribution in [0.1, 0.15) is 27.2 Å². The summed E-state index contributed by atoms with van der Waals surface area (Å²) in [6, 6.07) is 19.4. The third kappa shape index (κ3) is 5.43. The normalized spacial score (nSPS) is 14.3. The molecular formula is C27H28N4O2S. The third-order valence-electron chi connectivity index (χ3n) is 5.93. The summed E-state index contributed by atoms with van der Waals surface area (Å²) in [5.74, 6) is 2.95. The number of amides is 1. The lowest BCUT2D eigenvalue weighted by Gasteiger charge is -2.26. The van der Waals surface area contributed by atoms with Crippen molar-refractivity contribution in [1.82, 2.24) is 14.3 Å². The second-order valence-corrected chi connectivity index (χ2v) is 9.74. The highest BCUT2D eigenvalue weighted by atomic mass is 32.2. The van der Waals surface area contributed by atoms with Gasteiger partial charge in [0.25, 0.3) is 5.91 Å². The Morgan fingerprint density at radius 2 is 1.91 bits per heavy atom. The Morgan fingerprint density at radius 1 is 1.09 bits per heavy atom. The van der Waals surface area contributed by atoms with E-state index in [1.807, 2.05) is 71.9 Å². The molecule has 0 radical (unpaired) electrons. The van der Waals surface area contributed by atoms with Gasteiger partial charge in [-0.15, -0.1) is 0 Å². The minimum absolute atomic E-state index is 0.131. The molecule has 0 spiro atoms. The van der Waals surface area contributed by atoms with Gasteiger partial charge < -0.3 is 14.5 Å². The van der Waals surface area contributed by atoms with E-state index in [1.54, 1.807) is 12.1 Å². The molecule has 6 nitrogen and oxygen atoms in total. The highest BCUT2D eigenvalue weighted by Gasteiger charge is 2.12. The van der Waals surface area contributed by atoms with Gasteiger partial charge in [0.15, 0.2) is 0 Å². The molecule has 1 aliphatic heterocycles. The van der Waals surface area contributed by atoms with Crippen LogP contribution >= 0.6 is 11.8 Å². The average molecular weight is 473 g/mol. The summed E-state index contributed by atoms with van der Waals surface area (Å²) in [4.78, 5) is 19.9. The fourth-order valence-electron chi connectivity index (χ4n) is 4.10. The molecule has 1 fully saturated rings. The minimum Gasteiger partial charge on any atom is -0.487 e. The van der Waals surface area contributed by atoms with E-state index in [9.17, 15) is 4.79 Å². The van der Waals surface area contributed by atoms with Crippen LogP contribution < -0.4 is 10.1 Å². The van der Waals surface area contributed by atoms with Gasteiger partial charge in [-0.05, 0) is 60.5 Å². The second kappa shape index (κ2) is 10.3. The van der Waals surface area contributed by atoms with Gasteiger partial charge in [0.05, 0.1) is 5.69 Å². The fourth-order valence-corrected chi connectivity index (χ4v) is 5.08. The molecular weight excluding hydrogens is 444 g/mol. The molecule has 34 heavy (non-hydrogen) atoms. The number of carbonyl (C=O) groups is 1. The van der Waals surface area contributed by atoms with E-state index in [0.717, 1.165) is 42.2 Å². The van der Waals surface area contributed by atoms with Crippen LogP contribution in [-0.2, 0) is 13.2 Å². The van der Waals surface area contributed by atoms with Gasteiger partial charge in [-0.25, -0.2) is 4.98 Å². The summed E-state index contributed by atoms with van der Waals surface area (Å²) < 4.78 is 7.89. The number of benzene rings is 2. The summed E-state index contributed by atoms with van der Waals surface area (Å²) in [6.07, 6.45) is 3.96. The van der Waals surface area contributed by atoms with E-state index in [4.69, 9.17) is 4.74 Å². The summed E-state index contributed by atoms with van der Waals surface area (Å²) in [5, 5.41) is 3.02. The minimum atomic E-state index is -0.131. The van der Waals surface area contributed by atoms with Crippen molar-refractivity contribution >= 4 is 29.0 Å². The molecule has 0 atom stereocenters. The number of rotatable bonds is 7. The van der Waals surface area contributed by atoms with Crippen LogP contribution in [0.4, 0.5) is 5.69 Å². The molecule has 2 aromatic heterocycles. The average Bonchev–Trinajstić information content (AvgIpc) is 3.29. The highest BCUT2D eigenvalue weighted by molar-refractivity contribution is 7.99. The SMILES string of the molecule is Cc1cccn2cc(COc3ccc(C(=O)Nc4cccc(CN5CCSCC5)c4)cc3)nc12. The first-order valence-electron chi connectivity index (χ1n) is 11.5. The summed E-state index contributed by atoms with van der Waals surface area (Å²) in [7, 11) is 0. The molecule has 174 valence electrons. The standard InChI is InChI=1S/C27H28N4O2S/c1-20-4-3-11-31-18-24(28-26(20)31)19-33-25-9-7-22(8-10-25)27(32)29-23-6-2-5-21(16-23)17-30-12-14-34-15-13-30/h2-11,16,18H,12-15,17,19H2,1H3,(H,29,32). The number of aromatic nitrogens is 2. The first-order chi connectivity index (χ1) is 16.6. The van der Waals surface area contributed by atoms with Gasteiger partial charge >= 0.3 is 0 Å². The lowest BCUT2D eigenvalue weighted by atomic mass is 10.1. The van der Waals surface area contributed by atoms with Crippen LogP contribution in [0.2, 0.25) is 0 Å². The third-order valence-corrected chi connectivity index (χ3v) is 6.87. The van der Waals surface area contributed by atoms with E-state index in [-0.39, 0.29) is 5.91 Å². The molecule has 0 unspecified atom stereocenters. The maximum Gasteiger partial charge on any atom is 0.255 e. The van der Waals surface area contributed by atoms with Crippen molar-refractivity contribution in [2.24, 2.45) is 0 Å². The van der Waals surface area contributed by atoms with Gasteiger partial charge in [-0.3, -0.25) is 9.69 Å². The number of nitrogens with one attached hydrogen (secondary N) is 1. The number of imidazole rings is 1. The number of hydrogen-bond acceptors (Lipinski definition) is 5. The van der Waals surface area contributed by atoms with E-state index in [1.165, 1.54) is 17.1 Å². The van der Waals surface area contributed by atoms with Gasteiger partial charge in [0, 0.05) is 54.8 Å². The van der Waals surface area contributed by atoms with Crippen LogP contribution in [0.15, 0.2) is 73.1 Å². The maximum atomic E-state index is 12.8. The fraction of sp³-hybridized carbons (Fsp3) is 0.259. The number of ether oxygens (including phenoxy) is 1. The summed E-state index contributed by atoms with van der Waals surface area (Å²) in [6.45, 7) is 5.57. The Bertz CT molecular complexity index is 1280. The zero-order valence-electron chi connectivity index (χ0n) is 19.2. The molecule has 0 aliphatic carbocycles. The van der Waals surface area contributed by atoms with Crippen LogP contribution in [0.3, 0.4) is 0 Å². The van der Waals surface area contributed by atoms with Crippen LogP contribution in [0.5, 0.6) is 5.75 Å². The molecule has 1 aliphatic rings. The van der Waals surface area contributed by atoms with Crippen LogP contribution in [0.25, 0.3) is 5.65 Å². The van der Waals surface area contributed by atoms with Gasteiger partial charge in [0.1, 0.15) is 18.0 Å². The Balaban J connectivity index is 1.17. The molecule has 1 saturated heterocycles. The van der Waals surface area contributed by atoms with E-state index >= 15 is 0 Å². The van der Waals surface area contributed by atoms with Crippen molar-refractivity contribution in [2.75, 3.05) is 29.9 Å². The van der Waals surface area contributed by atoms with Gasteiger partial charge in [-0.2, -0.15) is 11.8 Å². The molecule has 2 aromatic carbocycles. The second-order valence-electron chi connectivity index (χ2n) is 8.51. The van der Waals surface area contributed by atoms with Crippen molar-refractivity contribution in [3.8, 4) is 5.75 Å². The maximum absolute atomic E-state index is 12.8.